The maximum Gasteiger partial charge on any atom is 1.00 e. The van der Waals surface area contributed by atoms with Crippen molar-refractivity contribution in [2.75, 3.05) is 13.2 Å². The topological polar surface area (TPSA) is 162 Å². The molecule has 0 radical (unpaired) electrons. The van der Waals surface area contributed by atoms with Crippen molar-refractivity contribution in [1.82, 2.24) is 0 Å². The largest absolute Gasteiger partial charge is 1.00 e. The fourth-order valence-corrected chi connectivity index (χ4v) is 2.88. The molecule has 0 saturated heterocycles. The Morgan fingerprint density at radius 3 is 1.52 bits per heavy atom. The Balaban J connectivity index is -0.000000622. The van der Waals surface area contributed by atoms with Crippen molar-refractivity contribution in [3.8, 4) is 11.5 Å². The van der Waals surface area contributed by atoms with Gasteiger partial charge in [0.1, 0.15) is 0 Å². The molecule has 0 amide bonds. The van der Waals surface area contributed by atoms with E-state index in [1.54, 1.807) is 0 Å². The van der Waals surface area contributed by atoms with E-state index in [-0.39, 0.29) is 14.6 Å². The molecule has 0 aliphatic carbocycles. The standard InChI is InChI=1S/C12H14F3NO3.C12H15F3O.C2HF3O2.HNO3/c1-2-3-4-5-6-19-12-8(13)7-9(16(17)18)10(14)11(12)15;1-2-3-4-5-8-16-12-10(14)7-6-9(13)11(12)15;3-2(4,5)1(6)7;2-1(3)4/h7H,2-6H2,1H3;6-7H,2-5,8H2,1H3;(H,6,7);(H,2,3,4)/p+1. The highest BCUT2D eigenvalue weighted by atomic mass is 19.4. The van der Waals surface area contributed by atoms with Gasteiger partial charge < -0.3 is 19.8 Å². The van der Waals surface area contributed by atoms with Gasteiger partial charge in [-0.2, -0.15) is 26.3 Å². The second kappa shape index (κ2) is 22.9. The zero-order valence-corrected chi connectivity index (χ0v) is 24.4. The molecule has 2 N–H and O–H groups in total. The predicted octanol–water partition coefficient (Wildman–Crippen LogP) is 8.43. The maximum atomic E-state index is 13.4. The number of unbranched alkanes of at least 4 members (excludes halogenated alkanes) is 6. The molecule has 0 saturated carbocycles. The van der Waals surface area contributed by atoms with E-state index in [9.17, 15) is 49.6 Å². The third kappa shape index (κ3) is 18.3. The molecule has 0 aliphatic rings. The highest BCUT2D eigenvalue weighted by molar-refractivity contribution is 5.73. The maximum absolute atomic E-state index is 13.4. The quantitative estimate of drug-likeness (QED) is 0.0692. The first-order chi connectivity index (χ1) is 21.3. The number of halogens is 9. The van der Waals surface area contributed by atoms with Crippen LogP contribution in [0.15, 0.2) is 18.2 Å². The van der Waals surface area contributed by atoms with Gasteiger partial charge in [-0.05, 0) is 25.0 Å². The number of nitro groups is 1. The number of hydrogen-bond acceptors (Lipinski definition) is 7. The van der Waals surface area contributed by atoms with Gasteiger partial charge in [0.15, 0.2) is 29.0 Å². The van der Waals surface area contributed by atoms with E-state index in [1.165, 1.54) is 0 Å². The molecule has 2 rings (SSSR count). The fourth-order valence-electron chi connectivity index (χ4n) is 2.88. The molecule has 2 aromatic carbocycles. The number of alkyl halides is 3. The van der Waals surface area contributed by atoms with Crippen LogP contribution in [0.4, 0.5) is 45.2 Å². The summed E-state index contributed by atoms with van der Waals surface area (Å²) in [6.45, 7) is 4.31. The van der Waals surface area contributed by atoms with Crippen LogP contribution in [0.5, 0.6) is 11.5 Å². The van der Waals surface area contributed by atoms with E-state index in [2.05, 4.69) is 6.92 Å². The lowest BCUT2D eigenvalue weighted by Gasteiger charge is -2.08. The first-order valence-electron chi connectivity index (χ1n) is 13.2. The van der Waals surface area contributed by atoms with E-state index in [0.717, 1.165) is 50.7 Å². The number of carboxylic acids is 1. The van der Waals surface area contributed by atoms with Gasteiger partial charge in [-0.1, -0.05) is 52.4 Å². The number of carbonyl (C=O) groups is 1. The highest BCUT2D eigenvalue weighted by Gasteiger charge is 2.38. The molecule has 0 aromatic heterocycles. The summed E-state index contributed by atoms with van der Waals surface area (Å²) in [5.74, 6) is -12.1. The van der Waals surface area contributed by atoms with Crippen molar-refractivity contribution in [2.24, 2.45) is 0 Å². The monoisotopic (exact) mass is 687 g/mol. The van der Waals surface area contributed by atoms with Crippen LogP contribution in [0.25, 0.3) is 0 Å². The molecule has 0 heterocycles. The Morgan fingerprint density at radius 1 is 0.761 bits per heavy atom. The summed E-state index contributed by atoms with van der Waals surface area (Å²) in [6.07, 6.45) is 2.05. The minimum atomic E-state index is -5.08. The zero-order valence-electron chi connectivity index (χ0n) is 25.4. The molecule has 20 heteroatoms. The molecule has 0 atom stereocenters. The lowest BCUT2D eigenvalue weighted by molar-refractivity contribution is -0.742. The van der Waals surface area contributed by atoms with Gasteiger partial charge in [-0.3, -0.25) is 10.1 Å². The van der Waals surface area contributed by atoms with Crippen LogP contribution in [0.3, 0.4) is 0 Å². The molecule has 0 aliphatic heterocycles. The Labute approximate surface area is 257 Å². The smallest absolute Gasteiger partial charge is 0.488 e. The molecular weight excluding hydrogens is 655 g/mol. The van der Waals surface area contributed by atoms with Crippen LogP contribution in [0.1, 0.15) is 66.6 Å². The number of benzene rings is 2. The van der Waals surface area contributed by atoms with Gasteiger partial charge in [-0.15, -0.1) is 10.1 Å². The summed E-state index contributed by atoms with van der Waals surface area (Å²) in [5.41, 5.74) is -1.24. The number of aliphatic carboxylic acids is 1. The normalized spacial score (nSPS) is 10.2. The molecule has 2 aromatic rings. The van der Waals surface area contributed by atoms with Crippen molar-refractivity contribution >= 4 is 11.7 Å². The van der Waals surface area contributed by atoms with Crippen molar-refractivity contribution in [3.05, 3.63) is 73.3 Å². The van der Waals surface area contributed by atoms with Gasteiger partial charge in [0.2, 0.25) is 17.5 Å². The molecule has 46 heavy (non-hydrogen) atoms. The second-order valence-electron chi connectivity index (χ2n) is 8.62. The van der Waals surface area contributed by atoms with E-state index in [4.69, 9.17) is 34.7 Å². The van der Waals surface area contributed by atoms with Crippen LogP contribution in [-0.2, 0) is 4.79 Å². The molecule has 0 unspecified atom stereocenters. The summed E-state index contributed by atoms with van der Waals surface area (Å²) < 4.78 is 120. The Kier molecular flexibility index (Phi) is 21.7. The molecule has 0 bridgehead atoms. The molecule has 0 spiro atoms. The first-order valence-corrected chi connectivity index (χ1v) is 13.2. The number of ether oxygens (including phenoxy) is 2. The summed E-state index contributed by atoms with van der Waals surface area (Å²) in [4.78, 5) is 26.4. The molecular formula is C26H32F9N2O9+. The van der Waals surface area contributed by atoms with Gasteiger partial charge >= 0.3 is 19.3 Å². The van der Waals surface area contributed by atoms with Crippen LogP contribution >= 0.6 is 0 Å². The fraction of sp³-hybridized carbons (Fsp3) is 0.500. The number of carboxylic acid groups (broad SMARTS) is 1. The summed E-state index contributed by atoms with van der Waals surface area (Å²) in [6, 6.07) is 1.92. The number of nitro benzene ring substituents is 1. The Bertz CT molecular complexity index is 1250. The lowest BCUT2D eigenvalue weighted by Crippen LogP contribution is -2.21. The van der Waals surface area contributed by atoms with Gasteiger partial charge in [0.25, 0.3) is 5.09 Å². The Hall–Kier alpha value is -4.52. The van der Waals surface area contributed by atoms with Gasteiger partial charge in [0.05, 0.1) is 24.2 Å². The summed E-state index contributed by atoms with van der Waals surface area (Å²) in [7, 11) is 0. The van der Waals surface area contributed by atoms with Crippen LogP contribution in [-0.4, -0.2) is 45.7 Å². The van der Waals surface area contributed by atoms with Crippen molar-refractivity contribution in [3.63, 3.8) is 0 Å². The van der Waals surface area contributed by atoms with E-state index in [0.29, 0.717) is 18.9 Å². The average molecular weight is 688 g/mol. The van der Waals surface area contributed by atoms with E-state index in [1.807, 2.05) is 6.92 Å². The van der Waals surface area contributed by atoms with E-state index < -0.39 is 74.2 Å². The minimum Gasteiger partial charge on any atom is -0.488 e. The average Bonchev–Trinajstić information content (AvgIpc) is 2.95. The number of nitrogens with zero attached hydrogens (tertiary/aromatic N) is 2. The van der Waals surface area contributed by atoms with Crippen LogP contribution in [0.2, 0.25) is 0 Å². The third-order valence-corrected chi connectivity index (χ3v) is 5.03. The predicted molar refractivity (Wildman–Crippen MR) is 142 cm³/mol. The Morgan fingerprint density at radius 2 is 1.15 bits per heavy atom. The molecule has 11 nitrogen and oxygen atoms in total. The third-order valence-electron chi connectivity index (χ3n) is 5.03. The zero-order chi connectivity index (χ0) is 36.0. The first kappa shape index (κ1) is 43.6. The van der Waals surface area contributed by atoms with Crippen molar-refractivity contribution < 1.29 is 75.5 Å². The van der Waals surface area contributed by atoms with Gasteiger partial charge in [-0.25, -0.2) is 18.0 Å². The number of hydrogen-bond donors (Lipinski definition) is 2. The highest BCUT2D eigenvalue weighted by Crippen LogP contribution is 2.31. The van der Waals surface area contributed by atoms with Crippen molar-refractivity contribution in [2.45, 2.75) is 71.4 Å². The van der Waals surface area contributed by atoms with Crippen molar-refractivity contribution in [1.29, 1.82) is 0 Å². The second-order valence-corrected chi connectivity index (χ2v) is 8.62. The van der Waals surface area contributed by atoms with Crippen LogP contribution < -0.4 is 9.47 Å². The molecule has 262 valence electrons. The lowest BCUT2D eigenvalue weighted by atomic mass is 10.2. The van der Waals surface area contributed by atoms with Gasteiger partial charge in [0, 0.05) is 0 Å². The summed E-state index contributed by atoms with van der Waals surface area (Å²) in [5, 5.41) is 31.1. The number of rotatable bonds is 13. The minimum absolute atomic E-state index is 0. The summed E-state index contributed by atoms with van der Waals surface area (Å²) >= 11 is 0. The molecule has 0 fully saturated rings. The van der Waals surface area contributed by atoms with Crippen LogP contribution in [0, 0.1) is 55.1 Å². The van der Waals surface area contributed by atoms with E-state index >= 15 is 0 Å². The SMILES string of the molecule is CCCCCCOc1c(F)cc([N+](=O)[O-])c(F)c1F.CCCCCCOc1c(F)ccc(F)c1F.O=C(O)C(F)(F)F.O=[N+]([O-])O.[H+].